The maximum absolute atomic E-state index is 12.0. The lowest BCUT2D eigenvalue weighted by molar-refractivity contribution is 0.467. The van der Waals surface area contributed by atoms with Gasteiger partial charge in [-0.05, 0) is 31.3 Å². The normalized spacial score (nSPS) is 12.5. The smallest absolute Gasteiger partial charge is 0.117 e. The van der Waals surface area contributed by atoms with Gasteiger partial charge in [-0.2, -0.15) is 0 Å². The molecule has 1 N–H and O–H groups in total. The molecule has 0 aliphatic heterocycles. The zero-order chi connectivity index (χ0) is 12.1. The molecular formula is C13H15NO2S. The van der Waals surface area contributed by atoms with E-state index < -0.39 is 10.8 Å². The SMILES string of the molecule is CNCc1ccc(CS(=O)c2ccccc2)o1. The van der Waals surface area contributed by atoms with E-state index in [4.69, 9.17) is 4.42 Å². The van der Waals surface area contributed by atoms with Crippen molar-refractivity contribution in [3.63, 3.8) is 0 Å². The summed E-state index contributed by atoms with van der Waals surface area (Å²) in [6.07, 6.45) is 0. The van der Waals surface area contributed by atoms with Gasteiger partial charge < -0.3 is 9.73 Å². The van der Waals surface area contributed by atoms with Crippen LogP contribution in [0.1, 0.15) is 11.5 Å². The van der Waals surface area contributed by atoms with E-state index in [0.717, 1.165) is 16.4 Å². The van der Waals surface area contributed by atoms with Crippen LogP contribution in [0.4, 0.5) is 0 Å². The molecule has 0 amide bonds. The summed E-state index contributed by atoms with van der Waals surface area (Å²) < 4.78 is 17.6. The molecule has 2 aromatic rings. The number of furan rings is 1. The van der Waals surface area contributed by atoms with Crippen LogP contribution >= 0.6 is 0 Å². The molecule has 17 heavy (non-hydrogen) atoms. The fourth-order valence-electron chi connectivity index (χ4n) is 1.55. The van der Waals surface area contributed by atoms with E-state index in [9.17, 15) is 4.21 Å². The lowest BCUT2D eigenvalue weighted by Crippen LogP contribution is -2.03. The molecule has 1 heterocycles. The van der Waals surface area contributed by atoms with Crippen molar-refractivity contribution in [2.45, 2.75) is 17.2 Å². The molecule has 0 aliphatic carbocycles. The second-order valence-corrected chi connectivity index (χ2v) is 5.15. The average molecular weight is 249 g/mol. The second kappa shape index (κ2) is 5.80. The molecule has 4 heteroatoms. The number of hydrogen-bond donors (Lipinski definition) is 1. The van der Waals surface area contributed by atoms with Crippen LogP contribution in [0.5, 0.6) is 0 Å². The maximum atomic E-state index is 12.0. The topological polar surface area (TPSA) is 42.2 Å². The zero-order valence-corrected chi connectivity index (χ0v) is 10.5. The Kier molecular flexibility index (Phi) is 4.12. The summed E-state index contributed by atoms with van der Waals surface area (Å²) in [6, 6.07) is 13.2. The number of benzene rings is 1. The molecular weight excluding hydrogens is 234 g/mol. The molecule has 1 aromatic carbocycles. The lowest BCUT2D eigenvalue weighted by Gasteiger charge is -1.99. The largest absolute Gasteiger partial charge is 0.464 e. The monoisotopic (exact) mass is 249 g/mol. The van der Waals surface area contributed by atoms with Crippen molar-refractivity contribution in [1.82, 2.24) is 5.32 Å². The van der Waals surface area contributed by atoms with Gasteiger partial charge in [0.1, 0.15) is 11.5 Å². The summed E-state index contributed by atoms with van der Waals surface area (Å²) >= 11 is 0. The first-order valence-corrected chi connectivity index (χ1v) is 6.77. The first kappa shape index (κ1) is 12.1. The van der Waals surface area contributed by atoms with E-state index in [-0.39, 0.29) is 0 Å². The van der Waals surface area contributed by atoms with E-state index in [2.05, 4.69) is 5.32 Å². The van der Waals surface area contributed by atoms with Crippen LogP contribution in [0.25, 0.3) is 0 Å². The van der Waals surface area contributed by atoms with Gasteiger partial charge in [0.05, 0.1) is 23.1 Å². The van der Waals surface area contributed by atoms with Gasteiger partial charge in [-0.1, -0.05) is 18.2 Å². The van der Waals surface area contributed by atoms with Crippen molar-refractivity contribution in [2.75, 3.05) is 7.05 Å². The van der Waals surface area contributed by atoms with E-state index in [1.165, 1.54) is 0 Å². The third kappa shape index (κ3) is 3.28. The summed E-state index contributed by atoms with van der Waals surface area (Å²) in [5.74, 6) is 2.05. The fourth-order valence-corrected chi connectivity index (χ4v) is 2.59. The van der Waals surface area contributed by atoms with Crippen LogP contribution in [-0.4, -0.2) is 11.3 Å². The molecule has 1 unspecified atom stereocenters. The first-order valence-electron chi connectivity index (χ1n) is 5.45. The summed E-state index contributed by atoms with van der Waals surface area (Å²) in [7, 11) is 0.826. The minimum absolute atomic E-state index is 0.424. The predicted molar refractivity (Wildman–Crippen MR) is 68.0 cm³/mol. The van der Waals surface area contributed by atoms with Gasteiger partial charge in [0.15, 0.2) is 0 Å². The van der Waals surface area contributed by atoms with Gasteiger partial charge in [0.25, 0.3) is 0 Å². The van der Waals surface area contributed by atoms with Gasteiger partial charge in [-0.25, -0.2) is 0 Å². The van der Waals surface area contributed by atoms with E-state index >= 15 is 0 Å². The Bertz CT molecular complexity index is 493. The Hall–Kier alpha value is -1.39. The molecule has 90 valence electrons. The minimum Gasteiger partial charge on any atom is -0.464 e. The Balaban J connectivity index is 2.03. The van der Waals surface area contributed by atoms with Gasteiger partial charge in [-0.3, -0.25) is 4.21 Å². The average Bonchev–Trinajstić information content (AvgIpc) is 2.78. The Labute approximate surface area is 103 Å². The molecule has 0 saturated carbocycles. The molecule has 0 aliphatic rings. The maximum Gasteiger partial charge on any atom is 0.117 e. The summed E-state index contributed by atoms with van der Waals surface area (Å²) in [4.78, 5) is 0.832. The molecule has 2 rings (SSSR count). The second-order valence-electron chi connectivity index (χ2n) is 3.70. The molecule has 1 atom stereocenters. The predicted octanol–water partition coefficient (Wildman–Crippen LogP) is 2.31. The zero-order valence-electron chi connectivity index (χ0n) is 9.68. The van der Waals surface area contributed by atoms with Crippen molar-refractivity contribution in [3.8, 4) is 0 Å². The van der Waals surface area contributed by atoms with Crippen LogP contribution in [0.3, 0.4) is 0 Å². The van der Waals surface area contributed by atoms with E-state index in [1.807, 2.05) is 49.5 Å². The highest BCUT2D eigenvalue weighted by molar-refractivity contribution is 7.84. The first-order chi connectivity index (χ1) is 8.29. The number of rotatable bonds is 5. The standard InChI is InChI=1S/C13H15NO2S/c1-14-9-11-7-8-12(16-11)10-17(15)13-5-3-2-4-6-13/h2-8,14H,9-10H2,1H3. The van der Waals surface area contributed by atoms with Crippen LogP contribution in [0, 0.1) is 0 Å². The highest BCUT2D eigenvalue weighted by Crippen LogP contribution is 2.14. The number of hydrogen-bond acceptors (Lipinski definition) is 3. The highest BCUT2D eigenvalue weighted by Gasteiger charge is 2.08. The molecule has 0 fully saturated rings. The Morgan fingerprint density at radius 2 is 1.82 bits per heavy atom. The van der Waals surface area contributed by atoms with Gasteiger partial charge in [0, 0.05) is 4.90 Å². The minimum atomic E-state index is -1.04. The van der Waals surface area contributed by atoms with Gasteiger partial charge in [0.2, 0.25) is 0 Å². The van der Waals surface area contributed by atoms with E-state index in [1.54, 1.807) is 0 Å². The highest BCUT2D eigenvalue weighted by atomic mass is 32.2. The quantitative estimate of drug-likeness (QED) is 0.884. The van der Waals surface area contributed by atoms with Crippen molar-refractivity contribution >= 4 is 10.8 Å². The molecule has 3 nitrogen and oxygen atoms in total. The van der Waals surface area contributed by atoms with Crippen molar-refractivity contribution in [1.29, 1.82) is 0 Å². The van der Waals surface area contributed by atoms with Crippen LogP contribution in [0.15, 0.2) is 51.8 Å². The molecule has 1 aromatic heterocycles. The molecule has 0 spiro atoms. The summed E-state index contributed by atoms with van der Waals surface area (Å²) in [5, 5.41) is 3.01. The number of nitrogens with one attached hydrogen (secondary N) is 1. The van der Waals surface area contributed by atoms with Crippen LogP contribution in [0.2, 0.25) is 0 Å². The van der Waals surface area contributed by atoms with Crippen molar-refractivity contribution in [3.05, 3.63) is 54.0 Å². The molecule has 0 bridgehead atoms. The fraction of sp³-hybridized carbons (Fsp3) is 0.231. The van der Waals surface area contributed by atoms with Gasteiger partial charge >= 0.3 is 0 Å². The third-order valence-corrected chi connectivity index (χ3v) is 3.69. The van der Waals surface area contributed by atoms with E-state index in [0.29, 0.717) is 12.3 Å². The summed E-state index contributed by atoms with van der Waals surface area (Å²) in [6.45, 7) is 0.692. The molecule has 0 radical (unpaired) electrons. The van der Waals surface area contributed by atoms with Crippen LogP contribution < -0.4 is 5.32 Å². The molecule has 0 saturated heterocycles. The third-order valence-electron chi connectivity index (χ3n) is 2.35. The Morgan fingerprint density at radius 1 is 1.12 bits per heavy atom. The van der Waals surface area contributed by atoms with Crippen molar-refractivity contribution < 1.29 is 8.63 Å². The lowest BCUT2D eigenvalue weighted by atomic mass is 10.4. The van der Waals surface area contributed by atoms with Crippen molar-refractivity contribution in [2.24, 2.45) is 0 Å². The van der Waals surface area contributed by atoms with Crippen LogP contribution in [-0.2, 0) is 23.1 Å². The Morgan fingerprint density at radius 3 is 2.53 bits per heavy atom. The van der Waals surface area contributed by atoms with Gasteiger partial charge in [-0.15, -0.1) is 0 Å². The summed E-state index contributed by atoms with van der Waals surface area (Å²) in [5.41, 5.74) is 0.